The first kappa shape index (κ1) is 20.4. The van der Waals surface area contributed by atoms with Crippen molar-refractivity contribution in [1.29, 1.82) is 0 Å². The molecule has 1 aliphatic heterocycles. The molecule has 1 unspecified atom stereocenters. The van der Waals surface area contributed by atoms with E-state index >= 15 is 0 Å². The van der Waals surface area contributed by atoms with E-state index < -0.39 is 0 Å². The average molecular weight is 364 g/mol. The molecule has 1 aromatic carbocycles. The fourth-order valence-electron chi connectivity index (χ4n) is 3.06. The predicted molar refractivity (Wildman–Crippen MR) is 100 cm³/mol. The van der Waals surface area contributed by atoms with Crippen molar-refractivity contribution in [3.63, 3.8) is 0 Å². The number of likely N-dealkylation sites (N-methyl/N-ethyl adjacent to an activating group) is 2. The highest BCUT2D eigenvalue weighted by Gasteiger charge is 2.17. The van der Waals surface area contributed by atoms with Crippen LogP contribution >= 0.6 is 0 Å². The van der Waals surface area contributed by atoms with E-state index in [1.807, 2.05) is 26.0 Å². The van der Waals surface area contributed by atoms with Gasteiger partial charge in [-0.1, -0.05) is 12.1 Å². The lowest BCUT2D eigenvalue weighted by Crippen LogP contribution is -3.14. The van der Waals surface area contributed by atoms with Crippen LogP contribution in [0.25, 0.3) is 0 Å². The molecular formula is C19H32N4O3+2. The lowest BCUT2D eigenvalue weighted by atomic mass is 10.2. The average Bonchev–Trinajstić information content (AvgIpc) is 2.64. The number of hydrogen-bond acceptors (Lipinski definition) is 3. The minimum absolute atomic E-state index is 0.0212. The molecule has 0 saturated carbocycles. The van der Waals surface area contributed by atoms with E-state index in [0.717, 1.165) is 50.0 Å². The van der Waals surface area contributed by atoms with Gasteiger partial charge in [0.15, 0.2) is 13.1 Å². The number of benzene rings is 1. The number of ether oxygens (including phenoxy) is 1. The van der Waals surface area contributed by atoms with Crippen molar-refractivity contribution in [1.82, 2.24) is 5.32 Å². The molecule has 0 radical (unpaired) electrons. The van der Waals surface area contributed by atoms with Gasteiger partial charge in [-0.3, -0.25) is 9.59 Å². The van der Waals surface area contributed by atoms with Crippen molar-refractivity contribution >= 4 is 17.5 Å². The third-order valence-electron chi connectivity index (χ3n) is 4.59. The number of carbonyl (C=O) groups excluding carboxylic acids is 2. The van der Waals surface area contributed by atoms with Crippen molar-refractivity contribution in [2.24, 2.45) is 0 Å². The van der Waals surface area contributed by atoms with Crippen LogP contribution in [0.3, 0.4) is 0 Å². The molecule has 0 aliphatic carbocycles. The van der Waals surface area contributed by atoms with E-state index in [-0.39, 0.29) is 18.4 Å². The second-order valence-corrected chi connectivity index (χ2v) is 6.69. The minimum atomic E-state index is -0.0716. The van der Waals surface area contributed by atoms with E-state index in [4.69, 9.17) is 4.74 Å². The fourth-order valence-corrected chi connectivity index (χ4v) is 3.06. The zero-order valence-electron chi connectivity index (χ0n) is 15.9. The lowest BCUT2D eigenvalue weighted by Gasteiger charge is -2.23. The summed E-state index contributed by atoms with van der Waals surface area (Å²) in [4.78, 5) is 26.4. The second kappa shape index (κ2) is 10.9. The van der Waals surface area contributed by atoms with Gasteiger partial charge in [-0.25, -0.2) is 0 Å². The van der Waals surface area contributed by atoms with Crippen LogP contribution in [-0.2, 0) is 20.9 Å². The van der Waals surface area contributed by atoms with Gasteiger partial charge in [0.25, 0.3) is 11.8 Å². The SMILES string of the molecule is CCNC(=O)C[NH+](CC)CC(=O)Nc1ccc(C[NH+]2CCOCC2)cc1. The molecule has 1 aliphatic rings. The number of carbonyl (C=O) groups is 2. The van der Waals surface area contributed by atoms with Crippen LogP contribution in [0, 0.1) is 0 Å². The van der Waals surface area contributed by atoms with Crippen molar-refractivity contribution < 1.29 is 24.1 Å². The maximum Gasteiger partial charge on any atom is 0.279 e. The molecule has 0 aromatic heterocycles. The molecule has 2 amide bonds. The standard InChI is InChI=1S/C19H30N4O3/c1-3-20-18(24)14-22(4-2)15-19(25)21-17-7-5-16(6-8-17)13-23-9-11-26-12-10-23/h5-8H,3-4,9-15H2,1-2H3,(H,20,24)(H,21,25)/p+2. The molecule has 1 heterocycles. The number of anilines is 1. The molecule has 1 atom stereocenters. The Morgan fingerprint density at radius 2 is 1.73 bits per heavy atom. The summed E-state index contributed by atoms with van der Waals surface area (Å²) in [6, 6.07) is 8.03. The predicted octanol–water partition coefficient (Wildman–Crippen LogP) is -1.92. The first-order valence-electron chi connectivity index (χ1n) is 9.51. The smallest absolute Gasteiger partial charge is 0.279 e. The number of rotatable bonds is 9. The largest absolute Gasteiger partial charge is 0.370 e. The highest BCUT2D eigenvalue weighted by molar-refractivity contribution is 5.91. The van der Waals surface area contributed by atoms with E-state index in [0.29, 0.717) is 13.1 Å². The summed E-state index contributed by atoms with van der Waals surface area (Å²) in [7, 11) is 0. The van der Waals surface area contributed by atoms with E-state index in [9.17, 15) is 9.59 Å². The third kappa shape index (κ3) is 7.11. The number of amides is 2. The summed E-state index contributed by atoms with van der Waals surface area (Å²) in [6.45, 7) is 10.5. The van der Waals surface area contributed by atoms with Crippen LogP contribution in [-0.4, -0.2) is 64.3 Å². The van der Waals surface area contributed by atoms with Gasteiger partial charge >= 0.3 is 0 Å². The molecule has 1 saturated heterocycles. The van der Waals surface area contributed by atoms with Gasteiger partial charge in [0, 0.05) is 17.8 Å². The zero-order chi connectivity index (χ0) is 18.8. The topological polar surface area (TPSA) is 76.3 Å². The quantitative estimate of drug-likeness (QED) is 0.413. The highest BCUT2D eigenvalue weighted by Crippen LogP contribution is 2.08. The van der Waals surface area contributed by atoms with Crippen molar-refractivity contribution in [2.45, 2.75) is 20.4 Å². The van der Waals surface area contributed by atoms with Crippen molar-refractivity contribution in [3.05, 3.63) is 29.8 Å². The Kier molecular flexibility index (Phi) is 8.53. The summed E-state index contributed by atoms with van der Waals surface area (Å²) in [6.07, 6.45) is 0. The van der Waals surface area contributed by atoms with Crippen LogP contribution in [0.2, 0.25) is 0 Å². The van der Waals surface area contributed by atoms with Gasteiger partial charge in [-0.2, -0.15) is 0 Å². The second-order valence-electron chi connectivity index (χ2n) is 6.69. The summed E-state index contributed by atoms with van der Waals surface area (Å²) < 4.78 is 5.38. The first-order valence-corrected chi connectivity index (χ1v) is 9.51. The molecule has 144 valence electrons. The van der Waals surface area contributed by atoms with Crippen molar-refractivity contribution in [2.75, 3.05) is 57.8 Å². The van der Waals surface area contributed by atoms with E-state index in [1.54, 1.807) is 0 Å². The van der Waals surface area contributed by atoms with Crippen LogP contribution in [0.4, 0.5) is 5.69 Å². The maximum atomic E-state index is 12.2. The Bertz CT molecular complexity index is 571. The Morgan fingerprint density at radius 3 is 2.35 bits per heavy atom. The van der Waals surface area contributed by atoms with Crippen LogP contribution in [0.1, 0.15) is 19.4 Å². The number of nitrogens with one attached hydrogen (secondary N) is 4. The Morgan fingerprint density at radius 1 is 1.08 bits per heavy atom. The first-order chi connectivity index (χ1) is 12.6. The lowest BCUT2D eigenvalue weighted by molar-refractivity contribution is -0.921. The zero-order valence-corrected chi connectivity index (χ0v) is 15.9. The Labute approximate surface area is 155 Å². The summed E-state index contributed by atoms with van der Waals surface area (Å²) in [5.74, 6) is -0.0928. The van der Waals surface area contributed by atoms with Gasteiger partial charge < -0.3 is 25.2 Å². The van der Waals surface area contributed by atoms with Crippen LogP contribution < -0.4 is 20.4 Å². The molecule has 0 bridgehead atoms. The van der Waals surface area contributed by atoms with Crippen LogP contribution in [0.5, 0.6) is 0 Å². The van der Waals surface area contributed by atoms with Gasteiger partial charge in [0.05, 0.1) is 19.8 Å². The molecule has 4 N–H and O–H groups in total. The fraction of sp³-hybridized carbons (Fsp3) is 0.579. The summed E-state index contributed by atoms with van der Waals surface area (Å²) in [5, 5.41) is 5.70. The molecule has 7 nitrogen and oxygen atoms in total. The molecule has 1 fully saturated rings. The van der Waals surface area contributed by atoms with E-state index in [1.165, 1.54) is 10.5 Å². The van der Waals surface area contributed by atoms with E-state index in [2.05, 4.69) is 22.8 Å². The minimum Gasteiger partial charge on any atom is -0.370 e. The normalized spacial score (nSPS) is 16.1. The Hall–Kier alpha value is -1.96. The van der Waals surface area contributed by atoms with Gasteiger partial charge in [0.1, 0.15) is 19.6 Å². The van der Waals surface area contributed by atoms with Crippen LogP contribution in [0.15, 0.2) is 24.3 Å². The van der Waals surface area contributed by atoms with Gasteiger partial charge in [0.2, 0.25) is 0 Å². The molecule has 0 spiro atoms. The molecule has 26 heavy (non-hydrogen) atoms. The number of morpholine rings is 1. The van der Waals surface area contributed by atoms with Crippen molar-refractivity contribution in [3.8, 4) is 0 Å². The number of hydrogen-bond donors (Lipinski definition) is 4. The summed E-state index contributed by atoms with van der Waals surface area (Å²) >= 11 is 0. The molecule has 1 aromatic rings. The molecular weight excluding hydrogens is 332 g/mol. The van der Waals surface area contributed by atoms with Gasteiger partial charge in [-0.05, 0) is 26.0 Å². The molecule has 2 rings (SSSR count). The maximum absolute atomic E-state index is 12.2. The monoisotopic (exact) mass is 364 g/mol. The third-order valence-corrected chi connectivity index (χ3v) is 4.59. The summed E-state index contributed by atoms with van der Waals surface area (Å²) in [5.41, 5.74) is 2.06. The highest BCUT2D eigenvalue weighted by atomic mass is 16.5. The number of quaternary nitrogens is 2. The Balaban J connectivity index is 1.79. The molecule has 7 heteroatoms. The van der Waals surface area contributed by atoms with Gasteiger partial charge in [-0.15, -0.1) is 0 Å².